The first kappa shape index (κ1) is 52.0. The third-order valence-corrected chi connectivity index (χ3v) is 19.0. The first-order valence-electron chi connectivity index (χ1n) is 31.0. The van der Waals surface area contributed by atoms with Gasteiger partial charge in [0.05, 0.1) is 11.0 Å². The molecule has 0 radical (unpaired) electrons. The number of anilines is 3. The molecule has 0 saturated heterocycles. The minimum Gasteiger partial charge on any atom is -0.310 e. The first-order valence-corrected chi connectivity index (χ1v) is 31.0. The second-order valence-corrected chi connectivity index (χ2v) is 24.4. The Morgan fingerprint density at radius 3 is 1.39 bits per heavy atom. The van der Waals surface area contributed by atoms with Crippen LogP contribution in [0.25, 0.3) is 138 Å². The van der Waals surface area contributed by atoms with Crippen LogP contribution in [0.1, 0.15) is 25.0 Å². The maximum absolute atomic E-state index is 2.47. The summed E-state index contributed by atoms with van der Waals surface area (Å²) in [7, 11) is 0. The van der Waals surface area contributed by atoms with Crippen LogP contribution < -0.4 is 4.90 Å². The Morgan fingerprint density at radius 1 is 0.247 bits per heavy atom. The van der Waals surface area contributed by atoms with Crippen molar-refractivity contribution in [3.05, 3.63) is 339 Å². The lowest BCUT2D eigenvalue weighted by Gasteiger charge is -2.28. The van der Waals surface area contributed by atoms with Crippen molar-refractivity contribution >= 4 is 71.2 Å². The van der Waals surface area contributed by atoms with E-state index >= 15 is 0 Å². The summed E-state index contributed by atoms with van der Waals surface area (Å²) in [6, 6.07) is 121. The molecule has 0 atom stereocenters. The number of fused-ring (bicyclic) bond motifs is 9. The van der Waals surface area contributed by atoms with Gasteiger partial charge in [-0.15, -0.1) is 0 Å². The molecule has 0 spiro atoms. The number of benzene rings is 15. The van der Waals surface area contributed by atoms with Crippen LogP contribution in [0.2, 0.25) is 0 Å². The molecule has 16 aromatic rings. The summed E-state index contributed by atoms with van der Waals surface area (Å²) < 4.78 is 2.38. The van der Waals surface area contributed by atoms with Gasteiger partial charge in [0.2, 0.25) is 0 Å². The molecule has 2 nitrogen and oxygen atoms in total. The molecule has 0 aliphatic heterocycles. The number of aromatic nitrogens is 1. The standard InChI is InChI=1S/C87H60N2/c1-87(2)82-55-64(62-25-15-26-65(53-62)72-50-51-75(73-32-16-23-60-21-9-11-29-70(60)73)80-35-18-34-79(86(72)80)74-33-17-24-61-22-10-12-30-71(61)74)41-48-76(82)77-49-47-69(56-83(77)87)88(67-43-37-58(38-44-67)57-19-5-3-6-20-57)68-45-39-59(40-46-68)63-42-52-85-81(54-63)78-31-13-14-36-84(78)89(85)66-27-7-4-8-28-66/h3-56H,1-2H3. The molecule has 0 amide bonds. The smallest absolute Gasteiger partial charge is 0.0541 e. The van der Waals surface area contributed by atoms with Crippen LogP contribution in [0.15, 0.2) is 328 Å². The Labute approximate surface area is 519 Å². The highest BCUT2D eigenvalue weighted by atomic mass is 15.1. The van der Waals surface area contributed by atoms with E-state index in [2.05, 4.69) is 351 Å². The van der Waals surface area contributed by atoms with Crippen LogP contribution in [-0.4, -0.2) is 4.57 Å². The lowest BCUT2D eigenvalue weighted by Crippen LogP contribution is -2.16. The normalized spacial score (nSPS) is 12.5. The van der Waals surface area contributed by atoms with Gasteiger partial charge in [0, 0.05) is 38.9 Å². The summed E-state index contributed by atoms with van der Waals surface area (Å²) >= 11 is 0. The fourth-order valence-electron chi connectivity index (χ4n) is 14.6. The van der Waals surface area contributed by atoms with Gasteiger partial charge in [-0.2, -0.15) is 0 Å². The van der Waals surface area contributed by atoms with E-state index in [-0.39, 0.29) is 5.41 Å². The van der Waals surface area contributed by atoms with Crippen LogP contribution in [0.4, 0.5) is 17.1 Å². The van der Waals surface area contributed by atoms with Crippen molar-refractivity contribution in [1.29, 1.82) is 0 Å². The van der Waals surface area contributed by atoms with Crippen molar-refractivity contribution in [3.63, 3.8) is 0 Å². The molecule has 0 unspecified atom stereocenters. The van der Waals surface area contributed by atoms with Crippen molar-refractivity contribution < 1.29 is 0 Å². The van der Waals surface area contributed by atoms with Crippen LogP contribution in [0.5, 0.6) is 0 Å². The highest BCUT2D eigenvalue weighted by Crippen LogP contribution is 2.53. The Morgan fingerprint density at radius 2 is 0.674 bits per heavy atom. The van der Waals surface area contributed by atoms with Crippen molar-refractivity contribution in [2.45, 2.75) is 19.3 Å². The van der Waals surface area contributed by atoms with E-state index in [4.69, 9.17) is 0 Å². The number of hydrogen-bond donors (Lipinski definition) is 0. The van der Waals surface area contributed by atoms with Gasteiger partial charge >= 0.3 is 0 Å². The summed E-state index contributed by atoms with van der Waals surface area (Å²) in [5.74, 6) is 0. The fraction of sp³-hybridized carbons (Fsp3) is 0.0345. The Hall–Kier alpha value is -11.3. The Bertz CT molecular complexity index is 5430. The minimum atomic E-state index is -0.287. The summed E-state index contributed by atoms with van der Waals surface area (Å²) in [5.41, 5.74) is 26.3. The van der Waals surface area contributed by atoms with E-state index < -0.39 is 0 Å². The molecule has 0 fully saturated rings. The van der Waals surface area contributed by atoms with E-state index in [1.54, 1.807) is 0 Å². The summed E-state index contributed by atoms with van der Waals surface area (Å²) in [5, 5.41) is 9.97. The minimum absolute atomic E-state index is 0.287. The lowest BCUT2D eigenvalue weighted by atomic mass is 9.81. The second-order valence-electron chi connectivity index (χ2n) is 24.4. The zero-order valence-electron chi connectivity index (χ0n) is 49.6. The average Bonchev–Trinajstić information content (AvgIpc) is 1.86. The number of rotatable bonds is 10. The van der Waals surface area contributed by atoms with Crippen LogP contribution >= 0.6 is 0 Å². The van der Waals surface area contributed by atoms with Gasteiger partial charge in [-0.3, -0.25) is 0 Å². The Kier molecular flexibility index (Phi) is 12.3. The van der Waals surface area contributed by atoms with Gasteiger partial charge in [-0.25, -0.2) is 0 Å². The fourth-order valence-corrected chi connectivity index (χ4v) is 14.6. The van der Waals surface area contributed by atoms with Gasteiger partial charge in [0.1, 0.15) is 0 Å². The molecule has 1 heterocycles. The molecule has 0 N–H and O–H groups in total. The van der Waals surface area contributed by atoms with E-state index in [9.17, 15) is 0 Å². The quantitative estimate of drug-likeness (QED) is 0.132. The molecule has 1 aliphatic carbocycles. The zero-order valence-corrected chi connectivity index (χ0v) is 49.6. The molecule has 15 aromatic carbocycles. The predicted molar refractivity (Wildman–Crippen MR) is 378 cm³/mol. The average molecular weight is 1130 g/mol. The molecule has 1 aromatic heterocycles. The van der Waals surface area contributed by atoms with E-state index in [0.29, 0.717) is 0 Å². The largest absolute Gasteiger partial charge is 0.310 e. The molecule has 418 valence electrons. The molecule has 1 aliphatic rings. The molecular weight excluding hydrogens is 1070 g/mol. The molecule has 0 saturated carbocycles. The van der Waals surface area contributed by atoms with Gasteiger partial charge in [0.25, 0.3) is 0 Å². The third-order valence-electron chi connectivity index (χ3n) is 19.0. The molecular formula is C87H60N2. The summed E-state index contributed by atoms with van der Waals surface area (Å²) in [4.78, 5) is 2.43. The lowest BCUT2D eigenvalue weighted by molar-refractivity contribution is 0.660. The zero-order chi connectivity index (χ0) is 59.2. The monoisotopic (exact) mass is 1130 g/mol. The van der Waals surface area contributed by atoms with Gasteiger partial charge in [0.15, 0.2) is 0 Å². The predicted octanol–water partition coefficient (Wildman–Crippen LogP) is 24.0. The first-order chi connectivity index (χ1) is 43.9. The number of nitrogens with zero attached hydrogens (tertiary/aromatic N) is 2. The third kappa shape index (κ3) is 8.70. The van der Waals surface area contributed by atoms with Gasteiger partial charge in [-0.1, -0.05) is 263 Å². The Balaban J connectivity index is 0.742. The maximum atomic E-state index is 2.47. The molecule has 0 bridgehead atoms. The molecule has 89 heavy (non-hydrogen) atoms. The molecule has 17 rings (SSSR count). The number of hydrogen-bond acceptors (Lipinski definition) is 1. The topological polar surface area (TPSA) is 8.17 Å². The summed E-state index contributed by atoms with van der Waals surface area (Å²) in [6.45, 7) is 4.81. The van der Waals surface area contributed by atoms with Crippen molar-refractivity contribution in [2.75, 3.05) is 4.90 Å². The van der Waals surface area contributed by atoms with E-state index in [0.717, 1.165) is 22.7 Å². The summed E-state index contributed by atoms with van der Waals surface area (Å²) in [6.07, 6.45) is 0. The maximum Gasteiger partial charge on any atom is 0.0541 e. The van der Waals surface area contributed by atoms with Crippen molar-refractivity contribution in [3.8, 4) is 83.6 Å². The highest BCUT2D eigenvalue weighted by molar-refractivity contribution is 6.17. The highest BCUT2D eigenvalue weighted by Gasteiger charge is 2.36. The molecule has 2 heteroatoms. The van der Waals surface area contributed by atoms with Gasteiger partial charge in [-0.05, 0) is 200 Å². The van der Waals surface area contributed by atoms with E-state index in [1.807, 2.05) is 0 Å². The van der Waals surface area contributed by atoms with Crippen LogP contribution in [0.3, 0.4) is 0 Å². The van der Waals surface area contributed by atoms with Crippen LogP contribution in [-0.2, 0) is 5.41 Å². The van der Waals surface area contributed by atoms with E-state index in [1.165, 1.54) is 143 Å². The van der Waals surface area contributed by atoms with Crippen molar-refractivity contribution in [1.82, 2.24) is 4.57 Å². The number of para-hydroxylation sites is 2. The SMILES string of the molecule is CC1(C)c2cc(-c3cccc(-c4ccc(-c5cccc6ccccc56)c5cccc(-c6cccc7ccccc67)c45)c3)ccc2-c2ccc(N(c3ccc(-c4ccccc4)cc3)c3ccc(-c4ccc5c(c4)c4ccccc4n5-c4ccccc4)cc3)cc21. The second kappa shape index (κ2) is 21.0. The van der Waals surface area contributed by atoms with Crippen LogP contribution in [0, 0.1) is 0 Å². The van der Waals surface area contributed by atoms with Crippen molar-refractivity contribution in [2.24, 2.45) is 0 Å². The van der Waals surface area contributed by atoms with Gasteiger partial charge < -0.3 is 9.47 Å².